The smallest absolute Gasteiger partial charge is 0.0541 e. The summed E-state index contributed by atoms with van der Waals surface area (Å²) in [6.07, 6.45) is 4.39. The van der Waals surface area contributed by atoms with E-state index in [0.29, 0.717) is 0 Å². The number of nitrogens with zero attached hydrogens (tertiary/aromatic N) is 1. The van der Waals surface area contributed by atoms with Crippen LogP contribution in [0.1, 0.15) is 25.7 Å². The lowest BCUT2D eigenvalue weighted by Crippen LogP contribution is -2.49. The number of halogens is 1. The lowest BCUT2D eigenvalue weighted by molar-refractivity contribution is 0.0682. The van der Waals surface area contributed by atoms with Gasteiger partial charge in [-0.2, -0.15) is 0 Å². The standard InChI is InChI=1S/C10H20N2O.ClH/c13-10-3-1-9(2-4-10)12-7-5-11-6-8-12;/h9-11,13H,1-8H2;1H. The summed E-state index contributed by atoms with van der Waals surface area (Å²) in [5.41, 5.74) is 0. The van der Waals surface area contributed by atoms with Crippen LogP contribution >= 0.6 is 12.4 Å². The van der Waals surface area contributed by atoms with E-state index in [9.17, 15) is 5.11 Å². The third-order valence-electron chi connectivity index (χ3n) is 3.33. The Bertz CT molecular complexity index is 154. The largest absolute Gasteiger partial charge is 0.393 e. The van der Waals surface area contributed by atoms with E-state index >= 15 is 0 Å². The fourth-order valence-electron chi connectivity index (χ4n) is 2.47. The summed E-state index contributed by atoms with van der Waals surface area (Å²) >= 11 is 0. The van der Waals surface area contributed by atoms with Crippen LogP contribution in [0.5, 0.6) is 0 Å². The van der Waals surface area contributed by atoms with E-state index in [-0.39, 0.29) is 18.5 Å². The summed E-state index contributed by atoms with van der Waals surface area (Å²) in [6.45, 7) is 4.67. The first kappa shape index (κ1) is 12.2. The summed E-state index contributed by atoms with van der Waals surface area (Å²) in [7, 11) is 0. The highest BCUT2D eigenvalue weighted by molar-refractivity contribution is 5.85. The van der Waals surface area contributed by atoms with Crippen molar-refractivity contribution in [3.63, 3.8) is 0 Å². The molecule has 84 valence electrons. The first-order chi connectivity index (χ1) is 6.36. The minimum absolute atomic E-state index is 0. The zero-order valence-corrected chi connectivity index (χ0v) is 9.43. The topological polar surface area (TPSA) is 35.5 Å². The second-order valence-electron chi connectivity index (χ2n) is 4.25. The third kappa shape index (κ3) is 3.09. The van der Waals surface area contributed by atoms with Gasteiger partial charge in [0.2, 0.25) is 0 Å². The molecule has 1 saturated carbocycles. The quantitative estimate of drug-likeness (QED) is 0.680. The van der Waals surface area contributed by atoms with Crippen molar-refractivity contribution in [2.45, 2.75) is 37.8 Å². The highest BCUT2D eigenvalue weighted by Gasteiger charge is 2.25. The minimum Gasteiger partial charge on any atom is -0.393 e. The Morgan fingerprint density at radius 1 is 1.00 bits per heavy atom. The molecule has 2 aliphatic rings. The molecular weight excluding hydrogens is 200 g/mol. The normalized spacial score (nSPS) is 34.9. The van der Waals surface area contributed by atoms with E-state index in [0.717, 1.165) is 32.0 Å². The Morgan fingerprint density at radius 3 is 2.14 bits per heavy atom. The predicted molar refractivity (Wildman–Crippen MR) is 60.0 cm³/mol. The van der Waals surface area contributed by atoms with Crippen LogP contribution in [-0.2, 0) is 0 Å². The average molecular weight is 221 g/mol. The van der Waals surface area contributed by atoms with Gasteiger partial charge in [-0.25, -0.2) is 0 Å². The molecule has 0 spiro atoms. The molecule has 1 aliphatic carbocycles. The molecule has 0 aromatic carbocycles. The summed E-state index contributed by atoms with van der Waals surface area (Å²) in [5.74, 6) is 0. The number of nitrogens with one attached hydrogen (secondary N) is 1. The number of hydrogen-bond acceptors (Lipinski definition) is 3. The van der Waals surface area contributed by atoms with Crippen LogP contribution in [-0.4, -0.2) is 48.3 Å². The van der Waals surface area contributed by atoms with Crippen molar-refractivity contribution in [2.75, 3.05) is 26.2 Å². The summed E-state index contributed by atoms with van der Waals surface area (Å²) in [6, 6.07) is 0.755. The zero-order valence-electron chi connectivity index (χ0n) is 8.61. The van der Waals surface area contributed by atoms with Gasteiger partial charge in [0.25, 0.3) is 0 Å². The van der Waals surface area contributed by atoms with E-state index < -0.39 is 0 Å². The predicted octanol–water partition coefficient (Wildman–Crippen LogP) is 0.617. The van der Waals surface area contributed by atoms with E-state index in [1.54, 1.807) is 0 Å². The molecule has 0 aromatic heterocycles. The summed E-state index contributed by atoms with van der Waals surface area (Å²) in [5, 5.41) is 12.8. The van der Waals surface area contributed by atoms with Gasteiger partial charge in [-0.3, -0.25) is 4.90 Å². The van der Waals surface area contributed by atoms with Crippen LogP contribution in [0.25, 0.3) is 0 Å². The van der Waals surface area contributed by atoms with Crippen molar-refractivity contribution in [3.8, 4) is 0 Å². The SMILES string of the molecule is Cl.OC1CCC(N2CCNCC2)CC1. The van der Waals surface area contributed by atoms with E-state index in [1.165, 1.54) is 25.9 Å². The van der Waals surface area contributed by atoms with Gasteiger partial charge in [0, 0.05) is 32.2 Å². The molecule has 3 nitrogen and oxygen atoms in total. The number of aliphatic hydroxyl groups is 1. The van der Waals surface area contributed by atoms with Gasteiger partial charge in [-0.15, -0.1) is 12.4 Å². The Labute approximate surface area is 92.3 Å². The van der Waals surface area contributed by atoms with Crippen LogP contribution in [0.2, 0.25) is 0 Å². The molecule has 0 atom stereocenters. The molecule has 2 N–H and O–H groups in total. The average Bonchev–Trinajstić information content (AvgIpc) is 2.20. The van der Waals surface area contributed by atoms with E-state index in [4.69, 9.17) is 0 Å². The second-order valence-corrected chi connectivity index (χ2v) is 4.25. The van der Waals surface area contributed by atoms with Gasteiger partial charge in [-0.05, 0) is 25.7 Å². The number of rotatable bonds is 1. The van der Waals surface area contributed by atoms with Gasteiger partial charge in [0.15, 0.2) is 0 Å². The van der Waals surface area contributed by atoms with Gasteiger partial charge in [0.05, 0.1) is 6.10 Å². The molecule has 2 rings (SSSR count). The Hall–Kier alpha value is 0.170. The molecule has 0 radical (unpaired) electrons. The molecule has 4 heteroatoms. The number of aliphatic hydroxyl groups excluding tert-OH is 1. The van der Waals surface area contributed by atoms with Crippen molar-refractivity contribution in [3.05, 3.63) is 0 Å². The maximum absolute atomic E-state index is 9.39. The minimum atomic E-state index is -0.0147. The first-order valence-electron chi connectivity index (χ1n) is 5.49. The van der Waals surface area contributed by atoms with Gasteiger partial charge in [-0.1, -0.05) is 0 Å². The van der Waals surface area contributed by atoms with Crippen molar-refractivity contribution in [1.82, 2.24) is 10.2 Å². The molecule has 2 fully saturated rings. The zero-order chi connectivity index (χ0) is 9.10. The van der Waals surface area contributed by atoms with Crippen molar-refractivity contribution < 1.29 is 5.11 Å². The number of piperazine rings is 1. The first-order valence-corrected chi connectivity index (χ1v) is 5.49. The second kappa shape index (κ2) is 5.91. The molecule has 1 aliphatic heterocycles. The summed E-state index contributed by atoms with van der Waals surface area (Å²) < 4.78 is 0. The third-order valence-corrected chi connectivity index (χ3v) is 3.33. The van der Waals surface area contributed by atoms with Gasteiger partial charge < -0.3 is 10.4 Å². The summed E-state index contributed by atoms with van der Waals surface area (Å²) in [4.78, 5) is 2.59. The van der Waals surface area contributed by atoms with E-state index in [1.807, 2.05) is 0 Å². The highest BCUT2D eigenvalue weighted by Crippen LogP contribution is 2.23. The highest BCUT2D eigenvalue weighted by atomic mass is 35.5. The van der Waals surface area contributed by atoms with Crippen LogP contribution in [0.15, 0.2) is 0 Å². The van der Waals surface area contributed by atoms with Crippen molar-refractivity contribution >= 4 is 12.4 Å². The molecule has 0 unspecified atom stereocenters. The lowest BCUT2D eigenvalue weighted by atomic mass is 9.92. The molecular formula is C10H21ClN2O. The molecule has 0 bridgehead atoms. The monoisotopic (exact) mass is 220 g/mol. The fourth-order valence-corrected chi connectivity index (χ4v) is 2.47. The Kier molecular flexibility index (Phi) is 5.17. The van der Waals surface area contributed by atoms with Crippen LogP contribution < -0.4 is 5.32 Å². The molecule has 0 amide bonds. The van der Waals surface area contributed by atoms with Crippen molar-refractivity contribution in [2.24, 2.45) is 0 Å². The van der Waals surface area contributed by atoms with Crippen molar-refractivity contribution in [1.29, 1.82) is 0 Å². The van der Waals surface area contributed by atoms with Crippen LogP contribution in [0.3, 0.4) is 0 Å². The van der Waals surface area contributed by atoms with Crippen LogP contribution in [0, 0.1) is 0 Å². The fraction of sp³-hybridized carbons (Fsp3) is 1.00. The number of hydrogen-bond donors (Lipinski definition) is 2. The maximum Gasteiger partial charge on any atom is 0.0541 e. The van der Waals surface area contributed by atoms with Gasteiger partial charge >= 0.3 is 0 Å². The Balaban J connectivity index is 0.000000980. The van der Waals surface area contributed by atoms with Gasteiger partial charge in [0.1, 0.15) is 0 Å². The van der Waals surface area contributed by atoms with Crippen LogP contribution in [0.4, 0.5) is 0 Å². The molecule has 14 heavy (non-hydrogen) atoms. The molecule has 1 heterocycles. The maximum atomic E-state index is 9.39. The van der Waals surface area contributed by atoms with E-state index in [2.05, 4.69) is 10.2 Å². The molecule has 0 aromatic rings. The molecule has 1 saturated heterocycles. The Morgan fingerprint density at radius 2 is 1.57 bits per heavy atom. The lowest BCUT2D eigenvalue weighted by Gasteiger charge is -2.38.